The van der Waals surface area contributed by atoms with E-state index in [9.17, 15) is 8.42 Å². The standard InChI is InChI=1S/C14H14N2O4S2/c17-22(18,11-3-4-12-13(7-11)20-9-19-12)16(10-1-2-10)8-14-15-5-6-21-14/h3-7,10H,1-2,8-9H2. The third-order valence-corrected chi connectivity index (χ3v) is 6.34. The predicted molar refractivity (Wildman–Crippen MR) is 80.4 cm³/mol. The summed E-state index contributed by atoms with van der Waals surface area (Å²) in [4.78, 5) is 4.44. The average Bonchev–Trinajstić information content (AvgIpc) is 3.02. The van der Waals surface area contributed by atoms with E-state index in [2.05, 4.69) is 4.98 Å². The SMILES string of the molecule is O=S(=O)(c1ccc2c(c1)OCO2)N(Cc1nccs1)C1CC1. The lowest BCUT2D eigenvalue weighted by Gasteiger charge is -2.21. The minimum atomic E-state index is -3.57. The highest BCUT2D eigenvalue weighted by molar-refractivity contribution is 7.89. The number of nitrogens with zero attached hydrogens (tertiary/aromatic N) is 2. The molecule has 1 fully saturated rings. The van der Waals surface area contributed by atoms with E-state index in [0.717, 1.165) is 17.8 Å². The Kier molecular flexibility index (Phi) is 3.32. The number of hydrogen-bond acceptors (Lipinski definition) is 6. The zero-order valence-electron chi connectivity index (χ0n) is 11.6. The van der Waals surface area contributed by atoms with E-state index in [-0.39, 0.29) is 17.7 Å². The summed E-state index contributed by atoms with van der Waals surface area (Å²) in [6.45, 7) is 0.448. The Hall–Kier alpha value is -1.64. The summed E-state index contributed by atoms with van der Waals surface area (Å²) in [6.07, 6.45) is 3.49. The van der Waals surface area contributed by atoms with Crippen molar-refractivity contribution in [2.24, 2.45) is 0 Å². The molecule has 0 spiro atoms. The van der Waals surface area contributed by atoms with Crippen molar-refractivity contribution in [1.82, 2.24) is 9.29 Å². The van der Waals surface area contributed by atoms with Gasteiger partial charge in [-0.3, -0.25) is 0 Å². The highest BCUT2D eigenvalue weighted by Gasteiger charge is 2.39. The molecular formula is C14H14N2O4S2. The van der Waals surface area contributed by atoms with Crippen molar-refractivity contribution in [3.63, 3.8) is 0 Å². The monoisotopic (exact) mass is 338 g/mol. The van der Waals surface area contributed by atoms with Crippen LogP contribution < -0.4 is 9.47 Å². The number of ether oxygens (including phenoxy) is 2. The summed E-state index contributed by atoms with van der Waals surface area (Å²) in [7, 11) is -3.57. The first kappa shape index (κ1) is 14.0. The van der Waals surface area contributed by atoms with E-state index in [1.165, 1.54) is 17.4 Å². The van der Waals surface area contributed by atoms with Crippen molar-refractivity contribution in [1.29, 1.82) is 0 Å². The van der Waals surface area contributed by atoms with Gasteiger partial charge >= 0.3 is 0 Å². The zero-order valence-corrected chi connectivity index (χ0v) is 13.3. The molecule has 2 aliphatic rings. The zero-order chi connectivity index (χ0) is 15.2. The second-order valence-electron chi connectivity index (χ2n) is 5.22. The average molecular weight is 338 g/mol. The maximum atomic E-state index is 12.9. The van der Waals surface area contributed by atoms with Gasteiger partial charge in [-0.1, -0.05) is 0 Å². The number of aromatic nitrogens is 1. The van der Waals surface area contributed by atoms with Gasteiger partial charge in [-0.15, -0.1) is 11.3 Å². The molecule has 0 atom stereocenters. The minimum Gasteiger partial charge on any atom is -0.454 e. The van der Waals surface area contributed by atoms with Gasteiger partial charge in [0, 0.05) is 23.7 Å². The summed E-state index contributed by atoms with van der Waals surface area (Å²) in [5.41, 5.74) is 0. The predicted octanol–water partition coefficient (Wildman–Crippen LogP) is 2.23. The van der Waals surface area contributed by atoms with Gasteiger partial charge in [0.1, 0.15) is 5.01 Å². The van der Waals surface area contributed by atoms with E-state index in [1.54, 1.807) is 22.6 Å². The highest BCUT2D eigenvalue weighted by atomic mass is 32.2. The Balaban J connectivity index is 1.68. The maximum absolute atomic E-state index is 12.9. The molecule has 1 saturated carbocycles. The van der Waals surface area contributed by atoms with Crippen molar-refractivity contribution >= 4 is 21.4 Å². The van der Waals surface area contributed by atoms with Crippen LogP contribution in [0.3, 0.4) is 0 Å². The van der Waals surface area contributed by atoms with Crippen LogP contribution in [-0.2, 0) is 16.6 Å². The van der Waals surface area contributed by atoms with Gasteiger partial charge in [0.25, 0.3) is 0 Å². The third kappa shape index (κ3) is 2.47. The Labute approximate surface area is 132 Å². The summed E-state index contributed by atoms with van der Waals surface area (Å²) in [5, 5.41) is 2.66. The molecule has 2 aromatic rings. The number of hydrogen-bond donors (Lipinski definition) is 0. The Bertz CT molecular complexity index is 785. The highest BCUT2D eigenvalue weighted by Crippen LogP contribution is 2.38. The second kappa shape index (κ2) is 5.22. The van der Waals surface area contributed by atoms with Gasteiger partial charge in [-0.25, -0.2) is 13.4 Å². The molecule has 0 radical (unpaired) electrons. The molecule has 116 valence electrons. The van der Waals surface area contributed by atoms with Gasteiger partial charge < -0.3 is 9.47 Å². The van der Waals surface area contributed by atoms with Crippen molar-refractivity contribution < 1.29 is 17.9 Å². The van der Waals surface area contributed by atoms with Crippen molar-refractivity contribution in [2.75, 3.05) is 6.79 Å². The molecule has 1 aliphatic carbocycles. The molecule has 0 bridgehead atoms. The third-order valence-electron chi connectivity index (χ3n) is 3.68. The minimum absolute atomic E-state index is 0.0688. The number of sulfonamides is 1. The summed E-state index contributed by atoms with van der Waals surface area (Å²) >= 11 is 1.47. The number of rotatable bonds is 5. The molecule has 1 aliphatic heterocycles. The van der Waals surface area contributed by atoms with Crippen LogP contribution in [0.4, 0.5) is 0 Å². The van der Waals surface area contributed by atoms with E-state index >= 15 is 0 Å². The molecule has 0 N–H and O–H groups in total. The Morgan fingerprint density at radius 3 is 2.82 bits per heavy atom. The molecule has 6 nitrogen and oxygen atoms in total. The van der Waals surface area contributed by atoms with Gasteiger partial charge in [-0.05, 0) is 25.0 Å². The van der Waals surface area contributed by atoms with E-state index in [0.29, 0.717) is 18.0 Å². The fourth-order valence-electron chi connectivity index (χ4n) is 2.41. The first-order valence-electron chi connectivity index (χ1n) is 6.94. The fourth-order valence-corrected chi connectivity index (χ4v) is 4.77. The van der Waals surface area contributed by atoms with Crippen LogP contribution in [0.25, 0.3) is 0 Å². The lowest BCUT2D eigenvalue weighted by molar-refractivity contribution is 0.174. The first-order valence-corrected chi connectivity index (χ1v) is 9.26. The fraction of sp³-hybridized carbons (Fsp3) is 0.357. The Morgan fingerprint density at radius 2 is 2.09 bits per heavy atom. The van der Waals surface area contributed by atoms with Crippen LogP contribution in [-0.4, -0.2) is 30.5 Å². The van der Waals surface area contributed by atoms with Gasteiger partial charge in [0.2, 0.25) is 16.8 Å². The second-order valence-corrected chi connectivity index (χ2v) is 8.09. The summed E-state index contributed by atoms with van der Waals surface area (Å²) < 4.78 is 38.0. The molecule has 1 aromatic heterocycles. The molecule has 1 aromatic carbocycles. The molecule has 0 saturated heterocycles. The summed E-state index contributed by atoms with van der Waals surface area (Å²) in [5.74, 6) is 1.06. The van der Waals surface area contributed by atoms with Crippen LogP contribution in [0.1, 0.15) is 17.8 Å². The largest absolute Gasteiger partial charge is 0.454 e. The normalized spacial score (nSPS) is 17.1. The number of fused-ring (bicyclic) bond motifs is 1. The van der Waals surface area contributed by atoms with Crippen LogP contribution in [0.2, 0.25) is 0 Å². The van der Waals surface area contributed by atoms with Crippen molar-refractivity contribution in [3.05, 3.63) is 34.8 Å². The van der Waals surface area contributed by atoms with Gasteiger partial charge in [0.05, 0.1) is 11.4 Å². The maximum Gasteiger partial charge on any atom is 0.243 e. The Morgan fingerprint density at radius 1 is 1.27 bits per heavy atom. The van der Waals surface area contributed by atoms with Crippen molar-refractivity contribution in [3.8, 4) is 11.5 Å². The molecule has 0 amide bonds. The topological polar surface area (TPSA) is 68.7 Å². The molecule has 22 heavy (non-hydrogen) atoms. The molecule has 0 unspecified atom stereocenters. The summed E-state index contributed by atoms with van der Waals surface area (Å²) in [6, 6.07) is 4.82. The van der Waals surface area contributed by atoms with E-state index < -0.39 is 10.0 Å². The lowest BCUT2D eigenvalue weighted by atomic mass is 10.3. The van der Waals surface area contributed by atoms with Crippen molar-refractivity contribution in [2.45, 2.75) is 30.3 Å². The molecule has 4 rings (SSSR count). The number of benzene rings is 1. The lowest BCUT2D eigenvalue weighted by Crippen LogP contribution is -2.32. The molecule has 2 heterocycles. The first-order chi connectivity index (χ1) is 10.6. The number of thiazole rings is 1. The molecule has 8 heteroatoms. The quantitative estimate of drug-likeness (QED) is 0.836. The van der Waals surface area contributed by atoms with E-state index in [1.807, 2.05) is 5.38 Å². The molecular weight excluding hydrogens is 324 g/mol. The van der Waals surface area contributed by atoms with Crippen LogP contribution >= 0.6 is 11.3 Å². The smallest absolute Gasteiger partial charge is 0.243 e. The van der Waals surface area contributed by atoms with Crippen LogP contribution in [0, 0.1) is 0 Å². The van der Waals surface area contributed by atoms with Gasteiger partial charge in [0.15, 0.2) is 11.5 Å². The van der Waals surface area contributed by atoms with Crippen LogP contribution in [0.5, 0.6) is 11.5 Å². The van der Waals surface area contributed by atoms with E-state index in [4.69, 9.17) is 9.47 Å². The van der Waals surface area contributed by atoms with Crippen LogP contribution in [0.15, 0.2) is 34.7 Å². The van der Waals surface area contributed by atoms with Gasteiger partial charge in [-0.2, -0.15) is 4.31 Å².